The number of benzene rings is 2. The fraction of sp³-hybridized carbons (Fsp3) is 0.143. The van der Waals surface area contributed by atoms with E-state index >= 15 is 0 Å². The van der Waals surface area contributed by atoms with Gasteiger partial charge in [0.2, 0.25) is 0 Å². The highest BCUT2D eigenvalue weighted by molar-refractivity contribution is 7.91. The van der Waals surface area contributed by atoms with Gasteiger partial charge in [-0.3, -0.25) is 0 Å². The molecule has 0 spiro atoms. The Morgan fingerprint density at radius 3 is 1.80 bits per heavy atom. The molecule has 106 valence electrons. The first-order valence-electron chi connectivity index (χ1n) is 5.90. The second-order valence-electron chi connectivity index (χ2n) is 4.27. The highest BCUT2D eigenvalue weighted by Gasteiger charge is 2.27. The summed E-state index contributed by atoms with van der Waals surface area (Å²) in [5.74, 6) is -0.973. The van der Waals surface area contributed by atoms with Gasteiger partial charge < -0.3 is 5.73 Å². The average molecular weight is 297 g/mol. The van der Waals surface area contributed by atoms with Crippen molar-refractivity contribution < 1.29 is 17.2 Å². The van der Waals surface area contributed by atoms with Gasteiger partial charge in [-0.1, -0.05) is 12.1 Å². The fourth-order valence-electron chi connectivity index (χ4n) is 1.91. The van der Waals surface area contributed by atoms with Crippen molar-refractivity contribution in [1.29, 1.82) is 0 Å². The molecule has 0 heterocycles. The van der Waals surface area contributed by atoms with Crippen molar-refractivity contribution in [3.05, 3.63) is 65.7 Å². The molecule has 0 fully saturated rings. The molecule has 1 atom stereocenters. The highest BCUT2D eigenvalue weighted by atomic mass is 32.2. The van der Waals surface area contributed by atoms with Gasteiger partial charge in [0.05, 0.1) is 4.90 Å². The summed E-state index contributed by atoms with van der Waals surface area (Å²) in [4.78, 5) is -0.0151. The second kappa shape index (κ2) is 5.68. The Kier molecular flexibility index (Phi) is 4.15. The summed E-state index contributed by atoms with van der Waals surface area (Å²) in [5.41, 5.74) is 5.95. The van der Waals surface area contributed by atoms with Crippen molar-refractivity contribution in [2.45, 2.75) is 10.1 Å². The van der Waals surface area contributed by atoms with Gasteiger partial charge in [0, 0.05) is 6.54 Å². The lowest BCUT2D eigenvalue weighted by atomic mass is 10.1. The Hall–Kier alpha value is -1.79. The molecule has 6 heteroatoms. The largest absolute Gasteiger partial charge is 0.329 e. The zero-order valence-electron chi connectivity index (χ0n) is 10.5. The Morgan fingerprint density at radius 2 is 1.35 bits per heavy atom. The van der Waals surface area contributed by atoms with Crippen molar-refractivity contribution in [3.63, 3.8) is 0 Å². The van der Waals surface area contributed by atoms with Crippen LogP contribution in [-0.4, -0.2) is 15.0 Å². The molecule has 0 saturated heterocycles. The summed E-state index contributed by atoms with van der Waals surface area (Å²) in [6.45, 7) is -0.147. The lowest BCUT2D eigenvalue weighted by Crippen LogP contribution is -2.22. The summed E-state index contributed by atoms with van der Waals surface area (Å²) in [6.07, 6.45) is 0. The van der Waals surface area contributed by atoms with Crippen LogP contribution in [0, 0.1) is 11.6 Å². The van der Waals surface area contributed by atoms with Gasteiger partial charge in [-0.05, 0) is 42.0 Å². The van der Waals surface area contributed by atoms with Crippen molar-refractivity contribution in [2.24, 2.45) is 5.73 Å². The molecule has 0 amide bonds. The number of hydrogen-bond donors (Lipinski definition) is 1. The molecule has 3 nitrogen and oxygen atoms in total. The average Bonchev–Trinajstić information content (AvgIpc) is 2.42. The van der Waals surface area contributed by atoms with Gasteiger partial charge in [0.25, 0.3) is 0 Å². The van der Waals surface area contributed by atoms with Crippen LogP contribution in [0.5, 0.6) is 0 Å². The summed E-state index contributed by atoms with van der Waals surface area (Å²) < 4.78 is 50.7. The van der Waals surface area contributed by atoms with Crippen LogP contribution in [0.1, 0.15) is 10.8 Å². The standard InChI is InChI=1S/C14H13F2NO2S/c15-11-3-1-10(2-4-11)14(9-17)20(18,19)13-7-5-12(16)6-8-13/h1-8,14H,9,17H2. The van der Waals surface area contributed by atoms with Crippen LogP contribution in [0.3, 0.4) is 0 Å². The lowest BCUT2D eigenvalue weighted by Gasteiger charge is -2.16. The molecule has 2 N–H and O–H groups in total. The number of hydrogen-bond acceptors (Lipinski definition) is 3. The third-order valence-corrected chi connectivity index (χ3v) is 5.12. The highest BCUT2D eigenvalue weighted by Crippen LogP contribution is 2.28. The van der Waals surface area contributed by atoms with Crippen molar-refractivity contribution >= 4 is 9.84 Å². The van der Waals surface area contributed by atoms with Crippen LogP contribution in [-0.2, 0) is 9.84 Å². The van der Waals surface area contributed by atoms with Crippen molar-refractivity contribution in [3.8, 4) is 0 Å². The Balaban J connectivity index is 2.44. The zero-order chi connectivity index (χ0) is 14.8. The van der Waals surface area contributed by atoms with Crippen molar-refractivity contribution in [2.75, 3.05) is 6.54 Å². The minimum absolute atomic E-state index is 0.0151. The predicted octanol–water partition coefficient (Wildman–Crippen LogP) is 2.44. The van der Waals surface area contributed by atoms with Crippen LogP contribution in [0.15, 0.2) is 53.4 Å². The van der Waals surface area contributed by atoms with Crippen LogP contribution < -0.4 is 5.73 Å². The fourth-order valence-corrected chi connectivity index (χ4v) is 3.52. The van der Waals surface area contributed by atoms with Gasteiger partial charge in [-0.2, -0.15) is 0 Å². The van der Waals surface area contributed by atoms with E-state index in [1.165, 1.54) is 36.4 Å². The molecule has 0 aromatic heterocycles. The van der Waals surface area contributed by atoms with E-state index in [0.717, 1.165) is 12.1 Å². The Morgan fingerprint density at radius 1 is 0.900 bits per heavy atom. The van der Waals surface area contributed by atoms with E-state index in [2.05, 4.69) is 0 Å². The zero-order valence-corrected chi connectivity index (χ0v) is 11.3. The van der Waals surface area contributed by atoms with E-state index in [0.29, 0.717) is 5.56 Å². The third kappa shape index (κ3) is 2.86. The number of nitrogens with two attached hydrogens (primary N) is 1. The molecule has 2 rings (SSSR count). The molecule has 0 radical (unpaired) electrons. The maximum atomic E-state index is 12.9. The maximum absolute atomic E-state index is 12.9. The normalized spacial score (nSPS) is 13.2. The molecular formula is C14H13F2NO2S. The first-order valence-corrected chi connectivity index (χ1v) is 7.45. The lowest BCUT2D eigenvalue weighted by molar-refractivity contribution is 0.580. The molecule has 0 aliphatic rings. The topological polar surface area (TPSA) is 60.2 Å². The molecular weight excluding hydrogens is 284 g/mol. The van der Waals surface area contributed by atoms with Crippen LogP contribution in [0.4, 0.5) is 8.78 Å². The van der Waals surface area contributed by atoms with E-state index in [4.69, 9.17) is 5.73 Å². The Labute approximate surface area is 116 Å². The van der Waals surface area contributed by atoms with E-state index < -0.39 is 26.7 Å². The van der Waals surface area contributed by atoms with Crippen LogP contribution >= 0.6 is 0 Å². The smallest absolute Gasteiger partial charge is 0.186 e. The van der Waals surface area contributed by atoms with Crippen molar-refractivity contribution in [1.82, 2.24) is 0 Å². The van der Waals surface area contributed by atoms with E-state index in [1.807, 2.05) is 0 Å². The summed E-state index contributed by atoms with van der Waals surface area (Å²) in [7, 11) is -3.75. The maximum Gasteiger partial charge on any atom is 0.186 e. The molecule has 2 aromatic carbocycles. The minimum atomic E-state index is -3.75. The van der Waals surface area contributed by atoms with Crippen LogP contribution in [0.25, 0.3) is 0 Å². The first kappa shape index (κ1) is 14.6. The monoisotopic (exact) mass is 297 g/mol. The van der Waals surface area contributed by atoms with E-state index in [1.54, 1.807) is 0 Å². The Bertz CT molecular complexity index is 682. The third-order valence-electron chi connectivity index (χ3n) is 2.97. The van der Waals surface area contributed by atoms with Gasteiger partial charge in [-0.15, -0.1) is 0 Å². The number of rotatable bonds is 4. The number of sulfone groups is 1. The van der Waals surface area contributed by atoms with E-state index in [9.17, 15) is 17.2 Å². The van der Waals surface area contributed by atoms with E-state index in [-0.39, 0.29) is 11.4 Å². The predicted molar refractivity (Wildman–Crippen MR) is 71.8 cm³/mol. The molecule has 0 saturated carbocycles. The molecule has 1 unspecified atom stereocenters. The van der Waals surface area contributed by atoms with Crippen LogP contribution in [0.2, 0.25) is 0 Å². The quantitative estimate of drug-likeness (QED) is 0.882. The minimum Gasteiger partial charge on any atom is -0.329 e. The molecule has 0 aliphatic carbocycles. The molecule has 2 aromatic rings. The van der Waals surface area contributed by atoms with Gasteiger partial charge >= 0.3 is 0 Å². The molecule has 0 bridgehead atoms. The number of halogens is 2. The second-order valence-corrected chi connectivity index (χ2v) is 6.41. The summed E-state index contributed by atoms with van der Waals surface area (Å²) in [5, 5.41) is -0.992. The van der Waals surface area contributed by atoms with Gasteiger partial charge in [0.15, 0.2) is 9.84 Å². The van der Waals surface area contributed by atoms with Gasteiger partial charge in [-0.25, -0.2) is 17.2 Å². The summed E-state index contributed by atoms with van der Waals surface area (Å²) >= 11 is 0. The molecule has 20 heavy (non-hydrogen) atoms. The molecule has 0 aliphatic heterocycles. The SMILES string of the molecule is NCC(c1ccc(F)cc1)S(=O)(=O)c1ccc(F)cc1. The van der Waals surface area contributed by atoms with Gasteiger partial charge in [0.1, 0.15) is 16.9 Å². The summed E-state index contributed by atoms with van der Waals surface area (Å²) in [6, 6.07) is 9.65. The first-order chi connectivity index (χ1) is 9.45.